The van der Waals surface area contributed by atoms with E-state index in [1.54, 1.807) is 6.07 Å². The monoisotopic (exact) mass is 721 g/mol. The number of hydrogen-bond acceptors (Lipinski definition) is 10. The third-order valence-electron chi connectivity index (χ3n) is 9.02. The molecule has 1 aromatic heterocycles. The summed E-state index contributed by atoms with van der Waals surface area (Å²) in [6.07, 6.45) is -0.206. The molecule has 1 unspecified atom stereocenters. The normalized spacial score (nSPS) is 17.5. The van der Waals surface area contributed by atoms with Crippen LogP contribution in [-0.4, -0.2) is 60.5 Å². The summed E-state index contributed by atoms with van der Waals surface area (Å²) >= 11 is 0. The molecule has 2 aliphatic heterocycles. The van der Waals surface area contributed by atoms with Crippen molar-refractivity contribution in [2.45, 2.75) is 61.8 Å². The number of hydrogen-bond donors (Lipinski definition) is 4. The molecule has 0 saturated carbocycles. The van der Waals surface area contributed by atoms with E-state index in [-0.39, 0.29) is 29.2 Å². The van der Waals surface area contributed by atoms with E-state index in [0.717, 1.165) is 56.2 Å². The number of likely N-dealkylation sites (tertiary alicyclic amines) is 1. The number of sulfone groups is 1. The predicted molar refractivity (Wildman–Crippen MR) is 187 cm³/mol. The van der Waals surface area contributed by atoms with Crippen LogP contribution in [0.1, 0.15) is 53.9 Å². The maximum absolute atomic E-state index is 13.8. The van der Waals surface area contributed by atoms with Crippen LogP contribution in [0.3, 0.4) is 0 Å². The van der Waals surface area contributed by atoms with Crippen LogP contribution in [0.2, 0.25) is 0 Å². The van der Waals surface area contributed by atoms with Crippen molar-refractivity contribution < 1.29 is 31.2 Å². The first-order valence-electron chi connectivity index (χ1n) is 16.6. The lowest BCUT2D eigenvalue weighted by Gasteiger charge is -2.32. The average molecular weight is 722 g/mol. The molecule has 0 spiro atoms. The number of amides is 2. The zero-order valence-electron chi connectivity index (χ0n) is 27.8. The van der Waals surface area contributed by atoms with Crippen molar-refractivity contribution >= 4 is 44.8 Å². The zero-order chi connectivity index (χ0) is 36.2. The van der Waals surface area contributed by atoms with Crippen molar-refractivity contribution in [3.63, 3.8) is 0 Å². The summed E-state index contributed by atoms with van der Waals surface area (Å²) in [7, 11) is -3.48. The van der Waals surface area contributed by atoms with Gasteiger partial charge in [-0.2, -0.15) is 18.2 Å². The maximum atomic E-state index is 13.8. The van der Waals surface area contributed by atoms with E-state index < -0.39 is 33.4 Å². The lowest BCUT2D eigenvalue weighted by atomic mass is 9.89. The Labute approximate surface area is 294 Å². The fourth-order valence-electron chi connectivity index (χ4n) is 6.30. The van der Waals surface area contributed by atoms with Gasteiger partial charge in [0.15, 0.2) is 9.84 Å². The topological polar surface area (TPSA) is 145 Å². The molecule has 2 saturated heterocycles. The molecule has 0 aliphatic carbocycles. The van der Waals surface area contributed by atoms with Crippen molar-refractivity contribution in [2.24, 2.45) is 0 Å². The van der Waals surface area contributed by atoms with Gasteiger partial charge in [0.25, 0.3) is 0 Å². The summed E-state index contributed by atoms with van der Waals surface area (Å²) in [6, 6.07) is 21.3. The van der Waals surface area contributed by atoms with Crippen molar-refractivity contribution in [3.05, 3.63) is 101 Å². The summed E-state index contributed by atoms with van der Waals surface area (Å²) in [5.41, 5.74) is 3.21. The molecule has 4 N–H and O–H groups in total. The molecule has 1 atom stereocenters. The maximum Gasteiger partial charge on any atom is 0.421 e. The Bertz CT molecular complexity index is 2000. The number of nitrogens with zero attached hydrogens (tertiary/aromatic N) is 3. The summed E-state index contributed by atoms with van der Waals surface area (Å²) < 4.78 is 65.1. The minimum atomic E-state index is -4.70. The first-order chi connectivity index (χ1) is 24.3. The lowest BCUT2D eigenvalue weighted by molar-refractivity contribution is -0.137. The molecule has 51 heavy (non-hydrogen) atoms. The molecule has 11 nitrogen and oxygen atoms in total. The van der Waals surface area contributed by atoms with Gasteiger partial charge in [0.05, 0.1) is 4.90 Å². The number of rotatable bonds is 11. The molecule has 268 valence electrons. The number of benzene rings is 3. The summed E-state index contributed by atoms with van der Waals surface area (Å²) in [5.74, 6) is -0.632. The highest BCUT2D eigenvalue weighted by atomic mass is 32.2. The van der Waals surface area contributed by atoms with Gasteiger partial charge in [-0.1, -0.05) is 36.4 Å². The molecule has 3 aromatic carbocycles. The quantitative estimate of drug-likeness (QED) is 0.139. The molecule has 2 aliphatic rings. The van der Waals surface area contributed by atoms with Crippen molar-refractivity contribution in [3.8, 4) is 0 Å². The van der Waals surface area contributed by atoms with Crippen LogP contribution in [0.5, 0.6) is 0 Å². The third-order valence-corrected chi connectivity index (χ3v) is 10.1. The number of carbonyl (C=O) groups excluding carboxylic acids is 2. The van der Waals surface area contributed by atoms with Gasteiger partial charge < -0.3 is 16.0 Å². The van der Waals surface area contributed by atoms with Gasteiger partial charge in [-0.05, 0) is 91.4 Å². The van der Waals surface area contributed by atoms with Crippen LogP contribution >= 0.6 is 0 Å². The second-order valence-electron chi connectivity index (χ2n) is 12.9. The van der Waals surface area contributed by atoms with Gasteiger partial charge in [0.2, 0.25) is 17.8 Å². The Morgan fingerprint density at radius 1 is 0.922 bits per heavy atom. The van der Waals surface area contributed by atoms with Gasteiger partial charge >= 0.3 is 6.18 Å². The molecule has 15 heteroatoms. The van der Waals surface area contributed by atoms with Gasteiger partial charge in [0, 0.05) is 43.3 Å². The smallest absolute Gasteiger partial charge is 0.374 e. The Kier molecular flexibility index (Phi) is 10.6. The van der Waals surface area contributed by atoms with Crippen LogP contribution < -0.4 is 21.3 Å². The summed E-state index contributed by atoms with van der Waals surface area (Å²) in [4.78, 5) is 34.1. The zero-order valence-corrected chi connectivity index (χ0v) is 28.7. The highest BCUT2D eigenvalue weighted by Gasteiger charge is 2.35. The van der Waals surface area contributed by atoms with E-state index >= 15 is 0 Å². The van der Waals surface area contributed by atoms with E-state index in [4.69, 9.17) is 0 Å². The molecule has 2 amide bonds. The van der Waals surface area contributed by atoms with E-state index in [0.29, 0.717) is 30.0 Å². The summed E-state index contributed by atoms with van der Waals surface area (Å²) in [5, 5.41) is 11.3. The first kappa shape index (κ1) is 35.8. The molecule has 0 bridgehead atoms. The van der Waals surface area contributed by atoms with Gasteiger partial charge in [-0.3, -0.25) is 19.8 Å². The number of alkyl halides is 3. The molecule has 4 aromatic rings. The number of aromatic nitrogens is 2. The van der Waals surface area contributed by atoms with Crippen molar-refractivity contribution in [2.75, 3.05) is 35.3 Å². The number of piperidine rings is 2. The van der Waals surface area contributed by atoms with Crippen LogP contribution in [0.25, 0.3) is 0 Å². The molecular formula is C36H38F3N7O4S. The number of anilines is 4. The van der Waals surface area contributed by atoms with E-state index in [1.807, 2.05) is 42.5 Å². The molecule has 0 radical (unpaired) electrons. The van der Waals surface area contributed by atoms with E-state index in [1.165, 1.54) is 23.8 Å². The highest BCUT2D eigenvalue weighted by molar-refractivity contribution is 7.90. The van der Waals surface area contributed by atoms with Crippen LogP contribution in [-0.2, 0) is 38.7 Å². The second kappa shape index (κ2) is 15.1. The lowest BCUT2D eigenvalue weighted by Crippen LogP contribution is -2.47. The number of imide groups is 1. The average Bonchev–Trinajstić information content (AvgIpc) is 3.09. The predicted octanol–water partition coefficient (Wildman–Crippen LogP) is 5.85. The van der Waals surface area contributed by atoms with Gasteiger partial charge in [-0.15, -0.1) is 0 Å². The van der Waals surface area contributed by atoms with Crippen molar-refractivity contribution in [1.29, 1.82) is 0 Å². The summed E-state index contributed by atoms with van der Waals surface area (Å²) in [6.45, 7) is 2.51. The number of carbonyl (C=O) groups is 2. The number of nitrogens with one attached hydrogen (secondary N) is 4. The Morgan fingerprint density at radius 3 is 2.35 bits per heavy atom. The van der Waals surface area contributed by atoms with E-state index in [9.17, 15) is 31.2 Å². The highest BCUT2D eigenvalue weighted by Crippen LogP contribution is 2.35. The standard InChI is InChI=1S/C36H38F3N7O4S/c1-51(49,50)29-7-3-4-23(19-29)20-40-33-30(36(37,38)39)21-41-35(45-33)43-27-10-8-25(9-11-27)26-14-16-46(17-15-26)22-24-5-2-6-28(18-24)42-31-12-13-32(47)44-34(31)48/h2-11,18-19,21,26,31,42H,12-17,20,22H2,1H3,(H,44,47,48)(H2,40,41,43,45). The Balaban J connectivity index is 1.03. The minimum absolute atomic E-state index is 0.0205. The third kappa shape index (κ3) is 9.41. The van der Waals surface area contributed by atoms with Crippen LogP contribution in [0.4, 0.5) is 36.3 Å². The van der Waals surface area contributed by atoms with E-state index in [2.05, 4.69) is 42.2 Å². The number of halogens is 3. The molecule has 2 fully saturated rings. The Hall–Kier alpha value is -5.02. The second-order valence-corrected chi connectivity index (χ2v) is 14.9. The SMILES string of the molecule is CS(=O)(=O)c1cccc(CNc2nc(Nc3ccc(C4CCN(Cc5cccc(NC6CCC(=O)NC6=O)c5)CC4)cc3)ncc2C(F)(F)F)c1. The minimum Gasteiger partial charge on any atom is -0.374 e. The van der Waals surface area contributed by atoms with Gasteiger partial charge in [0.1, 0.15) is 17.4 Å². The van der Waals surface area contributed by atoms with Gasteiger partial charge in [-0.25, -0.2) is 13.4 Å². The Morgan fingerprint density at radius 2 is 1.65 bits per heavy atom. The molecular weight excluding hydrogens is 684 g/mol. The fraction of sp³-hybridized carbons (Fsp3) is 0.333. The largest absolute Gasteiger partial charge is 0.421 e. The fourth-order valence-corrected chi connectivity index (χ4v) is 6.99. The van der Waals surface area contributed by atoms with Crippen LogP contribution in [0.15, 0.2) is 83.9 Å². The first-order valence-corrected chi connectivity index (χ1v) is 18.4. The molecule has 6 rings (SSSR count). The van der Waals surface area contributed by atoms with Crippen LogP contribution in [0, 0.1) is 0 Å². The molecule has 3 heterocycles. The van der Waals surface area contributed by atoms with Crippen molar-refractivity contribution in [1.82, 2.24) is 20.2 Å².